The largest absolute Gasteiger partial charge is 0.481 e. The van der Waals surface area contributed by atoms with Gasteiger partial charge in [-0.2, -0.15) is 0 Å². The molecule has 1 unspecified atom stereocenters. The van der Waals surface area contributed by atoms with Gasteiger partial charge in [0.15, 0.2) is 0 Å². The zero-order chi connectivity index (χ0) is 12.1. The molecule has 0 spiro atoms. The fourth-order valence-electron chi connectivity index (χ4n) is 1.49. The van der Waals surface area contributed by atoms with E-state index < -0.39 is 11.8 Å². The second-order valence-corrected chi connectivity index (χ2v) is 3.78. The van der Waals surface area contributed by atoms with Gasteiger partial charge in [-0.05, 0) is 17.5 Å². The minimum Gasteiger partial charge on any atom is -0.481 e. The first kappa shape index (κ1) is 12.4. The van der Waals surface area contributed by atoms with Crippen LogP contribution in [0.2, 0.25) is 0 Å². The molecule has 0 fully saturated rings. The fourth-order valence-corrected chi connectivity index (χ4v) is 1.49. The van der Waals surface area contributed by atoms with Gasteiger partial charge in [0.1, 0.15) is 12.1 Å². The molecule has 0 aliphatic heterocycles. The summed E-state index contributed by atoms with van der Waals surface area (Å²) in [5.74, 6) is -1.85. The molecule has 0 aromatic heterocycles. The first-order valence-corrected chi connectivity index (χ1v) is 4.98. The summed E-state index contributed by atoms with van der Waals surface area (Å²) in [6.45, 7) is 1.69. The maximum absolute atomic E-state index is 13.8. The molecule has 1 atom stereocenters. The first-order valence-electron chi connectivity index (χ1n) is 4.98. The fraction of sp³-hybridized carbons (Fsp3) is 0.333. The van der Waals surface area contributed by atoms with E-state index in [9.17, 15) is 14.0 Å². The predicted octanol–water partition coefficient (Wildman–Crippen LogP) is 1.83. The molecule has 0 aliphatic carbocycles. The Labute approximate surface area is 92.9 Å². The molecule has 0 amide bonds. The first-order chi connectivity index (χ1) is 7.54. The van der Waals surface area contributed by atoms with E-state index in [4.69, 9.17) is 5.11 Å². The van der Waals surface area contributed by atoms with Crippen LogP contribution in [0.25, 0.3) is 0 Å². The average molecular weight is 224 g/mol. The number of rotatable bonds is 5. The number of carbonyl (C=O) groups is 2. The Hall–Kier alpha value is -1.71. The van der Waals surface area contributed by atoms with Crippen LogP contribution in [0.15, 0.2) is 18.2 Å². The Kier molecular flexibility index (Phi) is 4.17. The topological polar surface area (TPSA) is 54.4 Å². The maximum atomic E-state index is 13.8. The van der Waals surface area contributed by atoms with Crippen LogP contribution in [0, 0.1) is 11.7 Å². The lowest BCUT2D eigenvalue weighted by atomic mass is 9.99. The van der Waals surface area contributed by atoms with Crippen molar-refractivity contribution in [3.63, 3.8) is 0 Å². The van der Waals surface area contributed by atoms with E-state index in [1.54, 1.807) is 19.1 Å². The van der Waals surface area contributed by atoms with Crippen molar-refractivity contribution in [2.24, 2.45) is 5.92 Å². The second-order valence-electron chi connectivity index (χ2n) is 3.78. The van der Waals surface area contributed by atoms with Crippen LogP contribution in [0.3, 0.4) is 0 Å². The molecular weight excluding hydrogens is 211 g/mol. The summed E-state index contributed by atoms with van der Waals surface area (Å²) in [5.41, 5.74) is 0.543. The van der Waals surface area contributed by atoms with E-state index in [1.807, 2.05) is 0 Å². The SMILES string of the molecule is CC(C=O)Cc1cccc(CC(=O)O)c1F. The summed E-state index contributed by atoms with van der Waals surface area (Å²) >= 11 is 0. The Morgan fingerprint density at radius 2 is 2.12 bits per heavy atom. The molecule has 1 rings (SSSR count). The van der Waals surface area contributed by atoms with Gasteiger partial charge in [0.25, 0.3) is 0 Å². The minimum absolute atomic E-state index is 0.156. The number of benzene rings is 1. The number of aliphatic carboxylic acids is 1. The van der Waals surface area contributed by atoms with Gasteiger partial charge in [-0.1, -0.05) is 25.1 Å². The van der Waals surface area contributed by atoms with Crippen molar-refractivity contribution >= 4 is 12.3 Å². The molecule has 3 nitrogen and oxygen atoms in total. The quantitative estimate of drug-likeness (QED) is 0.776. The van der Waals surface area contributed by atoms with Crippen molar-refractivity contribution in [3.05, 3.63) is 35.1 Å². The van der Waals surface area contributed by atoms with Gasteiger partial charge < -0.3 is 9.90 Å². The van der Waals surface area contributed by atoms with Crippen LogP contribution in [0.5, 0.6) is 0 Å². The van der Waals surface area contributed by atoms with Crippen molar-refractivity contribution in [2.75, 3.05) is 0 Å². The van der Waals surface area contributed by atoms with Crippen LogP contribution in [-0.2, 0) is 22.4 Å². The van der Waals surface area contributed by atoms with Crippen molar-refractivity contribution in [3.8, 4) is 0 Å². The summed E-state index contributed by atoms with van der Waals surface area (Å²) in [6, 6.07) is 4.62. The molecule has 0 radical (unpaired) electrons. The second kappa shape index (κ2) is 5.39. The number of halogens is 1. The Bertz CT molecular complexity index is 401. The van der Waals surface area contributed by atoms with E-state index in [-0.39, 0.29) is 17.9 Å². The van der Waals surface area contributed by atoms with Gasteiger partial charge >= 0.3 is 5.97 Å². The average Bonchev–Trinajstić information content (AvgIpc) is 2.23. The van der Waals surface area contributed by atoms with Gasteiger partial charge in [-0.25, -0.2) is 4.39 Å². The van der Waals surface area contributed by atoms with E-state index in [2.05, 4.69) is 0 Å². The van der Waals surface area contributed by atoms with E-state index in [1.165, 1.54) is 6.07 Å². The molecule has 86 valence electrons. The number of hydrogen-bond donors (Lipinski definition) is 1. The number of carbonyl (C=O) groups excluding carboxylic acids is 1. The van der Waals surface area contributed by atoms with E-state index >= 15 is 0 Å². The van der Waals surface area contributed by atoms with Crippen molar-refractivity contribution < 1.29 is 19.1 Å². The summed E-state index contributed by atoms with van der Waals surface area (Å²) < 4.78 is 13.8. The van der Waals surface area contributed by atoms with Gasteiger partial charge in [-0.15, -0.1) is 0 Å². The van der Waals surface area contributed by atoms with Crippen LogP contribution in [0.4, 0.5) is 4.39 Å². The molecular formula is C12H13FO3. The smallest absolute Gasteiger partial charge is 0.307 e. The molecule has 0 saturated heterocycles. The molecule has 16 heavy (non-hydrogen) atoms. The third-order valence-corrected chi connectivity index (χ3v) is 2.27. The van der Waals surface area contributed by atoms with Crippen LogP contribution in [0.1, 0.15) is 18.1 Å². The molecule has 0 bridgehead atoms. The molecule has 0 saturated carbocycles. The predicted molar refractivity (Wildman–Crippen MR) is 56.7 cm³/mol. The third-order valence-electron chi connectivity index (χ3n) is 2.27. The lowest BCUT2D eigenvalue weighted by Gasteiger charge is -2.08. The third kappa shape index (κ3) is 3.15. The van der Waals surface area contributed by atoms with Gasteiger partial charge in [0.05, 0.1) is 6.42 Å². The highest BCUT2D eigenvalue weighted by atomic mass is 19.1. The van der Waals surface area contributed by atoms with Gasteiger partial charge in [0.2, 0.25) is 0 Å². The van der Waals surface area contributed by atoms with Crippen LogP contribution >= 0.6 is 0 Å². The maximum Gasteiger partial charge on any atom is 0.307 e. The van der Waals surface area contributed by atoms with Crippen molar-refractivity contribution in [1.29, 1.82) is 0 Å². The zero-order valence-electron chi connectivity index (χ0n) is 8.94. The Balaban J connectivity index is 2.94. The lowest BCUT2D eigenvalue weighted by molar-refractivity contribution is -0.136. The lowest BCUT2D eigenvalue weighted by Crippen LogP contribution is -2.07. The Morgan fingerprint density at radius 3 is 2.69 bits per heavy atom. The standard InChI is InChI=1S/C12H13FO3/c1-8(7-14)5-9-3-2-4-10(12(9)13)6-11(15)16/h2-4,7-8H,5-6H2,1H3,(H,15,16). The number of carboxylic acid groups (broad SMARTS) is 1. The minimum atomic E-state index is -1.07. The normalized spacial score (nSPS) is 12.1. The van der Waals surface area contributed by atoms with E-state index in [0.29, 0.717) is 12.0 Å². The van der Waals surface area contributed by atoms with Crippen LogP contribution < -0.4 is 0 Å². The van der Waals surface area contributed by atoms with Crippen molar-refractivity contribution in [1.82, 2.24) is 0 Å². The number of carboxylic acids is 1. The van der Waals surface area contributed by atoms with Gasteiger partial charge in [0, 0.05) is 5.92 Å². The Morgan fingerprint density at radius 1 is 1.50 bits per heavy atom. The number of hydrogen-bond acceptors (Lipinski definition) is 2. The molecule has 4 heteroatoms. The summed E-state index contributed by atoms with van der Waals surface area (Å²) in [6.07, 6.45) is 0.710. The van der Waals surface area contributed by atoms with Crippen LogP contribution in [-0.4, -0.2) is 17.4 Å². The molecule has 1 aromatic rings. The highest BCUT2D eigenvalue weighted by Crippen LogP contribution is 2.16. The molecule has 0 heterocycles. The zero-order valence-corrected chi connectivity index (χ0v) is 8.94. The molecule has 0 aliphatic rings. The molecule has 1 N–H and O–H groups in total. The van der Waals surface area contributed by atoms with Crippen molar-refractivity contribution in [2.45, 2.75) is 19.8 Å². The van der Waals surface area contributed by atoms with E-state index in [0.717, 1.165) is 6.29 Å². The number of aldehydes is 1. The highest BCUT2D eigenvalue weighted by molar-refractivity contribution is 5.70. The summed E-state index contributed by atoms with van der Waals surface area (Å²) in [4.78, 5) is 21.0. The summed E-state index contributed by atoms with van der Waals surface area (Å²) in [7, 11) is 0. The highest BCUT2D eigenvalue weighted by Gasteiger charge is 2.12. The molecule has 1 aromatic carbocycles. The van der Waals surface area contributed by atoms with Gasteiger partial charge in [-0.3, -0.25) is 4.79 Å². The summed E-state index contributed by atoms with van der Waals surface area (Å²) in [5, 5.41) is 8.59. The monoisotopic (exact) mass is 224 g/mol.